The van der Waals surface area contributed by atoms with E-state index in [1.165, 1.54) is 0 Å². The third-order valence-corrected chi connectivity index (χ3v) is 0.0861. The van der Waals surface area contributed by atoms with Gasteiger partial charge >= 0.3 is 0 Å². The molecule has 0 aliphatic rings. The predicted molar refractivity (Wildman–Crippen MR) is 22.1 cm³/mol. The van der Waals surface area contributed by atoms with Crippen LogP contribution in [0.5, 0.6) is 0 Å². The van der Waals surface area contributed by atoms with Gasteiger partial charge in [0.2, 0.25) is 0 Å². The van der Waals surface area contributed by atoms with Crippen LogP contribution in [0.15, 0.2) is 10.7 Å². The van der Waals surface area contributed by atoms with Crippen LogP contribution in [0, 0.1) is 9.81 Å². The van der Waals surface area contributed by atoms with Crippen LogP contribution in [0.2, 0.25) is 0 Å². The Labute approximate surface area is 63.9 Å². The topological polar surface area (TPSA) is 129 Å². The van der Waals surface area contributed by atoms with E-state index in [4.69, 9.17) is 9.81 Å². The van der Waals surface area contributed by atoms with E-state index in [2.05, 4.69) is 21.7 Å². The Morgan fingerprint density at radius 1 is 1.00 bits per heavy atom. The molecule has 0 aliphatic heterocycles. The van der Waals surface area contributed by atoms with Crippen molar-refractivity contribution in [1.29, 1.82) is 0 Å². The number of nitrogens with zero attached hydrogens (tertiary/aromatic N) is 2. The van der Waals surface area contributed by atoms with Gasteiger partial charge in [0.1, 0.15) is 0 Å². The number of rotatable bonds is 2. The summed E-state index contributed by atoms with van der Waals surface area (Å²) >= 11 is 0. The molecule has 0 rings (SSSR count). The van der Waals surface area contributed by atoms with E-state index in [1.54, 1.807) is 10.7 Å². The summed E-state index contributed by atoms with van der Waals surface area (Å²) in [5.41, 5.74) is 0. The van der Waals surface area contributed by atoms with Crippen molar-refractivity contribution in [2.75, 3.05) is 0 Å². The SMILES string of the molecule is NON=O.NON=O.[Pt]. The van der Waals surface area contributed by atoms with Crippen LogP contribution in [-0.2, 0) is 30.9 Å². The Hall–Kier alpha value is -0.592. The molecule has 9 heavy (non-hydrogen) atoms. The Balaban J connectivity index is -0.0000000720. The van der Waals surface area contributed by atoms with E-state index < -0.39 is 0 Å². The molecule has 0 bridgehead atoms. The summed E-state index contributed by atoms with van der Waals surface area (Å²) in [7, 11) is 0. The number of nitrogens with two attached hydrogens (primary N) is 2. The van der Waals surface area contributed by atoms with Crippen molar-refractivity contribution >= 4 is 0 Å². The largest absolute Gasteiger partial charge is 0.266 e. The third kappa shape index (κ3) is 109. The zero-order valence-electron chi connectivity index (χ0n) is 4.00. The second-order valence-electron chi connectivity index (χ2n) is 0.360. The second kappa shape index (κ2) is 26.2. The van der Waals surface area contributed by atoms with Gasteiger partial charge in [-0.2, -0.15) is 0 Å². The van der Waals surface area contributed by atoms with Crippen molar-refractivity contribution in [2.45, 2.75) is 0 Å². The van der Waals surface area contributed by atoms with Gasteiger partial charge in [0, 0.05) is 21.1 Å². The molecule has 0 heterocycles. The second-order valence-corrected chi connectivity index (χ2v) is 0.360. The maximum Gasteiger partial charge on any atom is 0.176 e. The van der Waals surface area contributed by atoms with E-state index in [1.807, 2.05) is 0 Å². The first kappa shape index (κ1) is 15.8. The molecule has 0 radical (unpaired) electrons. The molecule has 58 valence electrons. The molecule has 0 aromatic rings. The first-order chi connectivity index (χ1) is 3.83. The third-order valence-electron chi connectivity index (χ3n) is 0.0861. The molecule has 0 aromatic heterocycles. The standard InChI is InChI=1S/2H2N2O2.Pt/c2*1-4-2-3;/h2*1H2;. The molecule has 0 unspecified atom stereocenters. The van der Waals surface area contributed by atoms with Gasteiger partial charge < -0.3 is 0 Å². The molecule has 0 atom stereocenters. The molecule has 9 heteroatoms. The molecule has 0 amide bonds. The van der Waals surface area contributed by atoms with E-state index in [0.717, 1.165) is 0 Å². The van der Waals surface area contributed by atoms with Crippen LogP contribution in [0.3, 0.4) is 0 Å². The van der Waals surface area contributed by atoms with Crippen molar-refractivity contribution < 1.29 is 30.9 Å². The average molecular weight is 319 g/mol. The smallest absolute Gasteiger partial charge is 0.176 e. The van der Waals surface area contributed by atoms with E-state index in [9.17, 15) is 0 Å². The summed E-state index contributed by atoms with van der Waals surface area (Å²) in [5.74, 6) is 8.10. The van der Waals surface area contributed by atoms with Crippen molar-refractivity contribution in [3.05, 3.63) is 9.81 Å². The first-order valence-electron chi connectivity index (χ1n) is 1.20. The maximum absolute atomic E-state index is 8.58. The number of hydrogen-bond acceptors (Lipinski definition) is 8. The Bertz CT molecular complexity index is 48.5. The van der Waals surface area contributed by atoms with Crippen LogP contribution >= 0.6 is 0 Å². The Morgan fingerprint density at radius 2 is 1.11 bits per heavy atom. The molecule has 4 N–H and O–H groups in total. The van der Waals surface area contributed by atoms with Crippen molar-refractivity contribution in [3.63, 3.8) is 0 Å². The van der Waals surface area contributed by atoms with Crippen LogP contribution in [0.25, 0.3) is 0 Å². The summed E-state index contributed by atoms with van der Waals surface area (Å²) in [6.45, 7) is 0. The van der Waals surface area contributed by atoms with E-state index in [0.29, 0.717) is 0 Å². The molecule has 8 nitrogen and oxygen atoms in total. The fraction of sp³-hybridized carbons (Fsp3) is 0. The fourth-order valence-corrected chi connectivity index (χ4v) is 0. The molecule has 0 spiro atoms. The first-order valence-corrected chi connectivity index (χ1v) is 1.20. The van der Waals surface area contributed by atoms with E-state index >= 15 is 0 Å². The van der Waals surface area contributed by atoms with Gasteiger partial charge in [0.25, 0.3) is 0 Å². The molecular weight excluding hydrogens is 315 g/mol. The van der Waals surface area contributed by atoms with Gasteiger partial charge in [-0.1, -0.05) is 0 Å². The van der Waals surface area contributed by atoms with Crippen molar-refractivity contribution in [2.24, 2.45) is 22.5 Å². The molecule has 0 saturated carbocycles. The average Bonchev–Trinajstić information content (AvgIpc) is 1.88. The minimum Gasteiger partial charge on any atom is -0.266 e. The van der Waals surface area contributed by atoms with Crippen LogP contribution in [0.4, 0.5) is 0 Å². The van der Waals surface area contributed by atoms with Gasteiger partial charge in [-0.3, -0.25) is 9.88 Å². The van der Waals surface area contributed by atoms with Gasteiger partial charge in [-0.25, -0.2) is 0 Å². The van der Waals surface area contributed by atoms with E-state index in [-0.39, 0.29) is 21.1 Å². The zero-order chi connectivity index (χ0) is 6.83. The quantitative estimate of drug-likeness (QED) is 0.502. The molecular formula is H4N4O4Pt. The maximum atomic E-state index is 8.58. The van der Waals surface area contributed by atoms with Crippen molar-refractivity contribution in [1.82, 2.24) is 0 Å². The van der Waals surface area contributed by atoms with Gasteiger partial charge in [-0.05, 0) is 0 Å². The number of hydrogen-bond donors (Lipinski definition) is 2. The Kier molecular flexibility index (Phi) is 45.9. The fourth-order valence-electron chi connectivity index (χ4n) is 0. The van der Waals surface area contributed by atoms with Gasteiger partial charge in [0.15, 0.2) is 10.7 Å². The van der Waals surface area contributed by atoms with Crippen LogP contribution in [0.1, 0.15) is 0 Å². The summed E-state index contributed by atoms with van der Waals surface area (Å²) in [6.07, 6.45) is 0. The summed E-state index contributed by atoms with van der Waals surface area (Å²) in [5, 5.41) is 3.53. The van der Waals surface area contributed by atoms with Crippen LogP contribution in [-0.4, -0.2) is 0 Å². The normalized spacial score (nSPS) is 4.67. The van der Waals surface area contributed by atoms with Crippen LogP contribution < -0.4 is 11.8 Å². The van der Waals surface area contributed by atoms with Gasteiger partial charge in [-0.15, -0.1) is 21.6 Å². The Morgan fingerprint density at radius 3 is 1.11 bits per heavy atom. The molecule has 0 aromatic carbocycles. The predicted octanol–water partition coefficient (Wildman–Crippen LogP) is -0.886. The summed E-state index contributed by atoms with van der Waals surface area (Å²) < 4.78 is 0. The monoisotopic (exact) mass is 319 g/mol. The van der Waals surface area contributed by atoms with Gasteiger partial charge in [0.05, 0.1) is 0 Å². The summed E-state index contributed by atoms with van der Waals surface area (Å²) in [4.78, 5) is 23.4. The minimum absolute atomic E-state index is 0. The molecule has 0 fully saturated rings. The minimum atomic E-state index is 0. The van der Waals surface area contributed by atoms with Crippen molar-refractivity contribution in [3.8, 4) is 0 Å². The molecule has 0 aliphatic carbocycles. The molecule has 0 saturated heterocycles. The summed E-state index contributed by atoms with van der Waals surface area (Å²) in [6, 6.07) is 0. The zero-order valence-corrected chi connectivity index (χ0v) is 6.27.